The first kappa shape index (κ1) is 13.5. The van der Waals surface area contributed by atoms with Crippen molar-refractivity contribution in [2.24, 2.45) is 7.05 Å². The maximum atomic E-state index is 6.01. The summed E-state index contributed by atoms with van der Waals surface area (Å²) in [6.07, 6.45) is 3.83. The molecular formula is C14H15ClN4S. The van der Waals surface area contributed by atoms with Crippen LogP contribution in [0, 0.1) is 0 Å². The molecule has 0 saturated carbocycles. The van der Waals surface area contributed by atoms with Crippen LogP contribution in [0.2, 0.25) is 5.02 Å². The Labute approximate surface area is 126 Å². The number of hydrogen-bond donors (Lipinski definition) is 0. The van der Waals surface area contributed by atoms with Gasteiger partial charge in [-0.1, -0.05) is 23.4 Å². The Balaban J connectivity index is 1.86. The predicted octanol–water partition coefficient (Wildman–Crippen LogP) is 3.74. The Morgan fingerprint density at radius 2 is 2.20 bits per heavy atom. The van der Waals surface area contributed by atoms with Crippen molar-refractivity contribution in [2.45, 2.75) is 24.4 Å². The monoisotopic (exact) mass is 306 g/mol. The van der Waals surface area contributed by atoms with Crippen LogP contribution in [0.5, 0.6) is 0 Å². The van der Waals surface area contributed by atoms with Crippen LogP contribution in [0.15, 0.2) is 35.7 Å². The molecule has 6 heteroatoms. The average Bonchev–Trinajstić information content (AvgIpc) is 3.01. The van der Waals surface area contributed by atoms with Crippen molar-refractivity contribution >= 4 is 34.4 Å². The minimum absolute atomic E-state index is 0.719. The Bertz CT molecular complexity index is 747. The van der Waals surface area contributed by atoms with E-state index in [9.17, 15) is 0 Å². The van der Waals surface area contributed by atoms with Gasteiger partial charge in [-0.15, -0.1) is 0 Å². The van der Waals surface area contributed by atoms with E-state index in [2.05, 4.69) is 26.0 Å². The molecule has 20 heavy (non-hydrogen) atoms. The fourth-order valence-electron chi connectivity index (χ4n) is 2.16. The van der Waals surface area contributed by atoms with Gasteiger partial charge in [-0.05, 0) is 25.1 Å². The van der Waals surface area contributed by atoms with Crippen LogP contribution in [0.3, 0.4) is 0 Å². The lowest BCUT2D eigenvalue weighted by molar-refractivity contribution is 0.680. The van der Waals surface area contributed by atoms with Crippen LogP contribution >= 0.6 is 23.4 Å². The lowest BCUT2D eigenvalue weighted by Gasteiger charge is -2.04. The van der Waals surface area contributed by atoms with Crippen molar-refractivity contribution in [3.63, 3.8) is 0 Å². The number of hydrogen-bond acceptors (Lipinski definition) is 3. The van der Waals surface area contributed by atoms with E-state index < -0.39 is 0 Å². The van der Waals surface area contributed by atoms with E-state index in [1.54, 1.807) is 11.8 Å². The molecular weight excluding hydrogens is 292 g/mol. The average molecular weight is 307 g/mol. The minimum atomic E-state index is 0.719. The zero-order valence-corrected chi connectivity index (χ0v) is 12.9. The maximum absolute atomic E-state index is 6.01. The van der Waals surface area contributed by atoms with Gasteiger partial charge in [0, 0.05) is 31.0 Å². The minimum Gasteiger partial charge on any atom is -0.330 e. The van der Waals surface area contributed by atoms with Crippen molar-refractivity contribution in [3.8, 4) is 0 Å². The molecule has 0 aliphatic rings. The highest BCUT2D eigenvalue weighted by atomic mass is 35.5. The molecule has 0 atom stereocenters. The summed E-state index contributed by atoms with van der Waals surface area (Å²) < 4.78 is 4.24. The van der Waals surface area contributed by atoms with E-state index in [1.165, 1.54) is 0 Å². The number of fused-ring (bicyclic) bond motifs is 1. The van der Waals surface area contributed by atoms with Crippen LogP contribution in [0.25, 0.3) is 11.0 Å². The highest BCUT2D eigenvalue weighted by molar-refractivity contribution is 7.98. The molecule has 0 unspecified atom stereocenters. The molecule has 0 aliphatic heterocycles. The Hall–Kier alpha value is -1.46. The SMILES string of the molecule is CCn1ccnc1SCc1nc2cc(Cl)ccc2n1C. The van der Waals surface area contributed by atoms with Crippen molar-refractivity contribution < 1.29 is 0 Å². The molecule has 0 spiro atoms. The molecule has 0 bridgehead atoms. The molecule has 2 heterocycles. The van der Waals surface area contributed by atoms with Crippen molar-refractivity contribution in [3.05, 3.63) is 41.4 Å². The van der Waals surface area contributed by atoms with E-state index in [0.29, 0.717) is 0 Å². The molecule has 3 aromatic rings. The van der Waals surface area contributed by atoms with Crippen LogP contribution < -0.4 is 0 Å². The van der Waals surface area contributed by atoms with Gasteiger partial charge in [0.2, 0.25) is 0 Å². The lowest BCUT2D eigenvalue weighted by atomic mass is 10.3. The number of aryl methyl sites for hydroxylation is 2. The van der Waals surface area contributed by atoms with Crippen molar-refractivity contribution in [1.82, 2.24) is 19.1 Å². The Morgan fingerprint density at radius 3 is 3.00 bits per heavy atom. The van der Waals surface area contributed by atoms with Crippen LogP contribution in [-0.2, 0) is 19.3 Å². The van der Waals surface area contributed by atoms with Gasteiger partial charge >= 0.3 is 0 Å². The summed E-state index contributed by atoms with van der Waals surface area (Å²) in [6, 6.07) is 5.80. The third-order valence-corrected chi connectivity index (χ3v) is 4.52. The summed E-state index contributed by atoms with van der Waals surface area (Å²) in [4.78, 5) is 9.02. The molecule has 4 nitrogen and oxygen atoms in total. The van der Waals surface area contributed by atoms with E-state index >= 15 is 0 Å². The molecule has 1 aromatic carbocycles. The van der Waals surface area contributed by atoms with Gasteiger partial charge in [-0.2, -0.15) is 0 Å². The number of halogens is 1. The molecule has 0 saturated heterocycles. The van der Waals surface area contributed by atoms with Crippen molar-refractivity contribution in [2.75, 3.05) is 0 Å². The third kappa shape index (κ3) is 2.43. The predicted molar refractivity (Wildman–Crippen MR) is 83.2 cm³/mol. The first-order chi connectivity index (χ1) is 9.69. The normalized spacial score (nSPS) is 11.3. The quantitative estimate of drug-likeness (QED) is 0.689. The summed E-state index contributed by atoms with van der Waals surface area (Å²) >= 11 is 7.71. The third-order valence-electron chi connectivity index (χ3n) is 3.28. The zero-order valence-electron chi connectivity index (χ0n) is 11.4. The highest BCUT2D eigenvalue weighted by Crippen LogP contribution is 2.24. The molecule has 0 radical (unpaired) electrons. The fourth-order valence-corrected chi connectivity index (χ4v) is 3.33. The van der Waals surface area contributed by atoms with Crippen LogP contribution in [0.4, 0.5) is 0 Å². The molecule has 0 N–H and O–H groups in total. The van der Waals surface area contributed by atoms with E-state index in [0.717, 1.165) is 39.3 Å². The molecule has 2 aromatic heterocycles. The second-order valence-corrected chi connectivity index (χ2v) is 5.88. The fraction of sp³-hybridized carbons (Fsp3) is 0.286. The van der Waals surface area contributed by atoms with Crippen molar-refractivity contribution in [1.29, 1.82) is 0 Å². The second-order valence-electron chi connectivity index (χ2n) is 4.50. The van der Waals surface area contributed by atoms with E-state index in [4.69, 9.17) is 11.6 Å². The number of benzene rings is 1. The number of thioether (sulfide) groups is 1. The largest absolute Gasteiger partial charge is 0.330 e. The van der Waals surface area contributed by atoms with Crippen LogP contribution in [0.1, 0.15) is 12.7 Å². The Morgan fingerprint density at radius 1 is 1.35 bits per heavy atom. The topological polar surface area (TPSA) is 35.6 Å². The maximum Gasteiger partial charge on any atom is 0.168 e. The summed E-state index contributed by atoms with van der Waals surface area (Å²) in [7, 11) is 2.03. The summed E-state index contributed by atoms with van der Waals surface area (Å²) in [5.41, 5.74) is 2.04. The summed E-state index contributed by atoms with van der Waals surface area (Å²) in [5, 5.41) is 1.74. The van der Waals surface area contributed by atoms with E-state index in [-0.39, 0.29) is 0 Å². The molecule has 0 aliphatic carbocycles. The smallest absolute Gasteiger partial charge is 0.168 e. The molecule has 3 rings (SSSR count). The summed E-state index contributed by atoms with van der Waals surface area (Å²) in [6.45, 7) is 3.04. The van der Waals surface area contributed by atoms with Gasteiger partial charge < -0.3 is 9.13 Å². The Kier molecular flexibility index (Phi) is 3.72. The van der Waals surface area contributed by atoms with Gasteiger partial charge in [-0.25, -0.2) is 9.97 Å². The van der Waals surface area contributed by atoms with Gasteiger partial charge in [0.05, 0.1) is 16.8 Å². The molecule has 104 valence electrons. The number of imidazole rings is 2. The highest BCUT2D eigenvalue weighted by Gasteiger charge is 2.10. The van der Waals surface area contributed by atoms with Crippen LogP contribution in [-0.4, -0.2) is 19.1 Å². The molecule has 0 amide bonds. The molecule has 0 fully saturated rings. The zero-order chi connectivity index (χ0) is 14.1. The number of aromatic nitrogens is 4. The van der Waals surface area contributed by atoms with Gasteiger partial charge in [-0.3, -0.25) is 0 Å². The number of nitrogens with zero attached hydrogens (tertiary/aromatic N) is 4. The van der Waals surface area contributed by atoms with Gasteiger partial charge in [0.1, 0.15) is 5.82 Å². The first-order valence-electron chi connectivity index (χ1n) is 6.44. The number of rotatable bonds is 4. The second kappa shape index (κ2) is 5.50. The van der Waals surface area contributed by atoms with Gasteiger partial charge in [0.25, 0.3) is 0 Å². The van der Waals surface area contributed by atoms with E-state index in [1.807, 2.05) is 37.6 Å². The first-order valence-corrected chi connectivity index (χ1v) is 7.80. The standard InChI is InChI=1S/C14H15ClN4S/c1-3-19-7-6-16-14(19)20-9-13-17-11-8-10(15)4-5-12(11)18(13)2/h4-8H,3,9H2,1-2H3. The summed E-state index contributed by atoms with van der Waals surface area (Å²) in [5.74, 6) is 1.82. The lowest BCUT2D eigenvalue weighted by Crippen LogP contribution is -1.98. The van der Waals surface area contributed by atoms with Gasteiger partial charge in [0.15, 0.2) is 5.16 Å².